The van der Waals surface area contributed by atoms with E-state index < -0.39 is 6.10 Å². The lowest BCUT2D eigenvalue weighted by Crippen LogP contribution is -2.30. The van der Waals surface area contributed by atoms with Crippen molar-refractivity contribution in [2.75, 3.05) is 13.2 Å². The Balaban J connectivity index is 4.39. The summed E-state index contributed by atoms with van der Waals surface area (Å²) in [5.41, 5.74) is 0. The summed E-state index contributed by atoms with van der Waals surface area (Å²) in [7, 11) is 0. The molecule has 0 aliphatic carbocycles. The number of rotatable bonds is 51. The van der Waals surface area contributed by atoms with Crippen molar-refractivity contribution in [2.24, 2.45) is 0 Å². The number of allylic oxidation sites excluding steroid dienone is 22. The van der Waals surface area contributed by atoms with Crippen molar-refractivity contribution in [3.63, 3.8) is 0 Å². The SMILES string of the molecule is CC/C=C\C/C=C\C/C=C\C/C=C\C/C=C\C/C=C\C/C=C\CCCCCCCC(=O)OCC(COC(=O)CCCCCCC/C=C\CCCCC)OC(=O)CCCCCCC/C=C\C/C=C\C/C=C\CC. The second-order valence-electron chi connectivity index (χ2n) is 18.8. The van der Waals surface area contributed by atoms with Crippen molar-refractivity contribution in [3.8, 4) is 0 Å². The van der Waals surface area contributed by atoms with Gasteiger partial charge in [-0.1, -0.05) is 225 Å². The smallest absolute Gasteiger partial charge is 0.306 e. The maximum atomic E-state index is 12.8. The molecule has 1 atom stereocenters. The second-order valence-corrected chi connectivity index (χ2v) is 18.8. The Hall–Kier alpha value is -4.45. The van der Waals surface area contributed by atoms with Gasteiger partial charge in [0.15, 0.2) is 6.10 Å². The first kappa shape index (κ1) is 67.5. The van der Waals surface area contributed by atoms with E-state index in [1.54, 1.807) is 0 Å². The third kappa shape index (κ3) is 56.5. The van der Waals surface area contributed by atoms with E-state index in [0.717, 1.165) is 173 Å². The molecule has 0 rings (SSSR count). The summed E-state index contributed by atoms with van der Waals surface area (Å²) in [6, 6.07) is 0. The summed E-state index contributed by atoms with van der Waals surface area (Å²) < 4.78 is 16.8. The number of hydrogen-bond acceptors (Lipinski definition) is 6. The van der Waals surface area contributed by atoms with Crippen molar-refractivity contribution in [1.82, 2.24) is 0 Å². The molecule has 1 unspecified atom stereocenters. The Morgan fingerprint density at radius 1 is 0.292 bits per heavy atom. The topological polar surface area (TPSA) is 78.9 Å². The molecule has 0 aromatic rings. The standard InChI is InChI=1S/C66H106O6/c1-4-7-10-13-16-19-22-25-27-28-29-30-31-32-33-34-35-36-37-38-40-41-44-47-50-53-56-59-65(68)71-62-63(61-70-64(67)58-55-52-49-46-43-24-21-18-15-12-9-6-3)72-66(69)60-57-54-51-48-45-42-39-26-23-20-17-14-11-8-5-2/h7-8,10-11,16-21,25-27,29-30,32-33,35-36,38-40,63H,4-6,9,12-15,22-24,28,31,34,37,41-62H2,1-3H3/b10-7-,11-8-,19-16-,20-17-,21-18-,27-25-,30-29-,33-32-,36-35-,39-26-,40-38-. The third-order valence-electron chi connectivity index (χ3n) is 11.9. The van der Waals surface area contributed by atoms with Crippen LogP contribution < -0.4 is 0 Å². The molecule has 0 amide bonds. The van der Waals surface area contributed by atoms with Crippen LogP contribution in [0.4, 0.5) is 0 Å². The summed E-state index contributed by atoms with van der Waals surface area (Å²) in [4.78, 5) is 38.1. The minimum absolute atomic E-state index is 0.0997. The van der Waals surface area contributed by atoms with Gasteiger partial charge >= 0.3 is 17.9 Å². The van der Waals surface area contributed by atoms with Crippen LogP contribution in [0.15, 0.2) is 134 Å². The van der Waals surface area contributed by atoms with Crippen molar-refractivity contribution < 1.29 is 28.6 Å². The molecule has 6 heteroatoms. The van der Waals surface area contributed by atoms with Gasteiger partial charge in [-0.3, -0.25) is 14.4 Å². The summed E-state index contributed by atoms with van der Waals surface area (Å²) in [6.45, 7) is 6.34. The molecule has 0 fully saturated rings. The summed E-state index contributed by atoms with van der Waals surface area (Å²) in [5.74, 6) is -0.950. The van der Waals surface area contributed by atoms with Crippen LogP contribution in [0.25, 0.3) is 0 Å². The zero-order chi connectivity index (χ0) is 52.2. The maximum absolute atomic E-state index is 12.8. The van der Waals surface area contributed by atoms with E-state index in [0.29, 0.717) is 19.3 Å². The minimum Gasteiger partial charge on any atom is -0.462 e. The molecule has 0 spiro atoms. The summed E-state index contributed by atoms with van der Waals surface area (Å²) in [5, 5.41) is 0. The van der Waals surface area contributed by atoms with Crippen LogP contribution in [-0.2, 0) is 28.6 Å². The Morgan fingerprint density at radius 2 is 0.542 bits per heavy atom. The maximum Gasteiger partial charge on any atom is 0.306 e. The Labute approximate surface area is 443 Å². The molecule has 0 saturated heterocycles. The molecule has 0 saturated carbocycles. The summed E-state index contributed by atoms with van der Waals surface area (Å²) in [6.07, 6.45) is 83.0. The highest BCUT2D eigenvalue weighted by atomic mass is 16.6. The van der Waals surface area contributed by atoms with E-state index in [2.05, 4.69) is 154 Å². The molecule has 0 aromatic heterocycles. The lowest BCUT2D eigenvalue weighted by molar-refractivity contribution is -0.167. The van der Waals surface area contributed by atoms with Crippen molar-refractivity contribution in [1.29, 1.82) is 0 Å². The quantitative estimate of drug-likeness (QED) is 0.0261. The fourth-order valence-corrected chi connectivity index (χ4v) is 7.55. The largest absolute Gasteiger partial charge is 0.462 e. The lowest BCUT2D eigenvalue weighted by Gasteiger charge is -2.18. The van der Waals surface area contributed by atoms with Gasteiger partial charge in [0.05, 0.1) is 0 Å². The highest BCUT2D eigenvalue weighted by molar-refractivity contribution is 5.71. The zero-order valence-corrected chi connectivity index (χ0v) is 46.4. The molecule has 0 heterocycles. The van der Waals surface area contributed by atoms with E-state index in [9.17, 15) is 14.4 Å². The Bertz CT molecular complexity index is 1560. The van der Waals surface area contributed by atoms with E-state index in [1.165, 1.54) is 32.1 Å². The predicted molar refractivity (Wildman–Crippen MR) is 311 cm³/mol. The number of carbonyl (C=O) groups is 3. The summed E-state index contributed by atoms with van der Waals surface area (Å²) >= 11 is 0. The molecule has 0 bridgehead atoms. The predicted octanol–water partition coefficient (Wildman–Crippen LogP) is 19.8. The molecule has 406 valence electrons. The number of unbranched alkanes of at least 4 members (excludes halogenated alkanes) is 18. The average molecular weight is 996 g/mol. The van der Waals surface area contributed by atoms with Crippen molar-refractivity contribution in [3.05, 3.63) is 134 Å². The minimum atomic E-state index is -0.803. The molecule has 0 aliphatic rings. The molecular formula is C66H106O6. The number of carbonyl (C=O) groups excluding carboxylic acids is 3. The number of hydrogen-bond donors (Lipinski definition) is 0. The molecule has 0 radical (unpaired) electrons. The first-order valence-electron chi connectivity index (χ1n) is 29.2. The second kappa shape index (κ2) is 59.1. The van der Waals surface area contributed by atoms with E-state index in [-0.39, 0.29) is 31.1 Å². The molecule has 0 aromatic carbocycles. The first-order valence-corrected chi connectivity index (χ1v) is 29.2. The highest BCUT2D eigenvalue weighted by Gasteiger charge is 2.19. The molecule has 0 N–H and O–H groups in total. The van der Waals surface area contributed by atoms with Gasteiger partial charge in [-0.25, -0.2) is 0 Å². The van der Waals surface area contributed by atoms with Crippen molar-refractivity contribution in [2.45, 2.75) is 252 Å². The van der Waals surface area contributed by atoms with Crippen molar-refractivity contribution >= 4 is 17.9 Å². The Morgan fingerprint density at radius 3 is 0.861 bits per heavy atom. The number of esters is 3. The normalized spacial score (nSPS) is 13.1. The van der Waals surface area contributed by atoms with Gasteiger partial charge in [0.25, 0.3) is 0 Å². The van der Waals surface area contributed by atoms with Crippen LogP contribution in [0.3, 0.4) is 0 Å². The number of ether oxygens (including phenoxy) is 3. The first-order chi connectivity index (χ1) is 35.5. The van der Waals surface area contributed by atoms with Crippen LogP contribution in [0, 0.1) is 0 Å². The van der Waals surface area contributed by atoms with Crippen LogP contribution in [0.5, 0.6) is 0 Å². The average Bonchev–Trinajstić information content (AvgIpc) is 3.38. The fraction of sp³-hybridized carbons (Fsp3) is 0.621. The van der Waals surface area contributed by atoms with Gasteiger partial charge in [0.2, 0.25) is 0 Å². The zero-order valence-electron chi connectivity index (χ0n) is 46.4. The van der Waals surface area contributed by atoms with Gasteiger partial charge in [-0.2, -0.15) is 0 Å². The van der Waals surface area contributed by atoms with Crippen LogP contribution >= 0.6 is 0 Å². The van der Waals surface area contributed by atoms with Gasteiger partial charge in [0.1, 0.15) is 13.2 Å². The lowest BCUT2D eigenvalue weighted by atomic mass is 10.1. The van der Waals surface area contributed by atoms with Gasteiger partial charge in [0, 0.05) is 19.3 Å². The van der Waals surface area contributed by atoms with Crippen LogP contribution in [-0.4, -0.2) is 37.2 Å². The molecule has 72 heavy (non-hydrogen) atoms. The monoisotopic (exact) mass is 995 g/mol. The molecule has 6 nitrogen and oxygen atoms in total. The van der Waals surface area contributed by atoms with Gasteiger partial charge in [-0.05, 0) is 135 Å². The molecule has 0 aliphatic heterocycles. The van der Waals surface area contributed by atoms with E-state index in [1.807, 2.05) is 0 Å². The highest BCUT2D eigenvalue weighted by Crippen LogP contribution is 2.13. The van der Waals surface area contributed by atoms with Gasteiger partial charge < -0.3 is 14.2 Å². The molecular weight excluding hydrogens is 889 g/mol. The fourth-order valence-electron chi connectivity index (χ4n) is 7.55. The van der Waals surface area contributed by atoms with Gasteiger partial charge in [-0.15, -0.1) is 0 Å². The van der Waals surface area contributed by atoms with Crippen LogP contribution in [0.1, 0.15) is 245 Å². The van der Waals surface area contributed by atoms with E-state index in [4.69, 9.17) is 14.2 Å². The van der Waals surface area contributed by atoms with Crippen LogP contribution in [0.2, 0.25) is 0 Å². The Kier molecular flexibility index (Phi) is 55.5. The van der Waals surface area contributed by atoms with E-state index >= 15 is 0 Å². The third-order valence-corrected chi connectivity index (χ3v) is 11.9.